The Kier molecular flexibility index (Phi) is 8.18. The molecule has 6 nitrogen and oxygen atoms in total. The van der Waals surface area contributed by atoms with Crippen molar-refractivity contribution in [3.63, 3.8) is 0 Å². The maximum atomic E-state index is 13.3. The highest BCUT2D eigenvalue weighted by Gasteiger charge is 2.35. The van der Waals surface area contributed by atoms with E-state index in [1.165, 1.54) is 24.3 Å². The van der Waals surface area contributed by atoms with Crippen LogP contribution < -0.4 is 9.73 Å². The van der Waals surface area contributed by atoms with Crippen molar-refractivity contribution in [3.8, 4) is 0 Å². The van der Waals surface area contributed by atoms with Gasteiger partial charge in [0.1, 0.15) is 6.54 Å². The molecule has 3 rings (SSSR count). The van der Waals surface area contributed by atoms with Crippen LogP contribution in [0.2, 0.25) is 5.02 Å². The molecule has 0 fully saturated rings. The Morgan fingerprint density at radius 3 is 2.16 bits per heavy atom. The van der Waals surface area contributed by atoms with Crippen molar-refractivity contribution in [2.75, 3.05) is 10.8 Å². The highest BCUT2D eigenvalue weighted by atomic mass is 35.5. The van der Waals surface area contributed by atoms with Crippen molar-refractivity contribution < 1.29 is 39.6 Å². The van der Waals surface area contributed by atoms with E-state index < -0.39 is 56.7 Å². The van der Waals surface area contributed by atoms with Gasteiger partial charge in [0.15, 0.2) is 0 Å². The molecule has 0 radical (unpaired) electrons. The number of halogens is 7. The molecule has 0 saturated carbocycles. The number of carbonyl (C=O) groups excluding carboxylic acids is 1. The Bertz CT molecular complexity index is 1410. The number of anilines is 1. The van der Waals surface area contributed by atoms with Crippen LogP contribution >= 0.6 is 11.6 Å². The molecule has 0 bridgehead atoms. The number of hydrogen-bond acceptors (Lipinski definition) is 4. The molecular weight excluding hydrogens is 548 g/mol. The number of hydrazone groups is 1. The molecule has 3 aromatic carbocycles. The topological polar surface area (TPSA) is 78.8 Å². The van der Waals surface area contributed by atoms with Crippen molar-refractivity contribution in [1.29, 1.82) is 0 Å². The Labute approximate surface area is 212 Å². The van der Waals surface area contributed by atoms with E-state index >= 15 is 0 Å². The van der Waals surface area contributed by atoms with Crippen LogP contribution in [0.15, 0.2) is 82.8 Å². The van der Waals surface area contributed by atoms with Gasteiger partial charge < -0.3 is 0 Å². The second kappa shape index (κ2) is 10.8. The van der Waals surface area contributed by atoms with Crippen molar-refractivity contribution in [2.24, 2.45) is 5.10 Å². The third-order valence-electron chi connectivity index (χ3n) is 4.82. The van der Waals surface area contributed by atoms with Gasteiger partial charge in [0.25, 0.3) is 15.9 Å². The number of carbonyl (C=O) groups is 1. The zero-order valence-corrected chi connectivity index (χ0v) is 20.0. The van der Waals surface area contributed by atoms with Gasteiger partial charge in [0, 0.05) is 5.56 Å². The molecule has 0 unspecified atom stereocenters. The van der Waals surface area contributed by atoms with Crippen LogP contribution in [0.3, 0.4) is 0 Å². The van der Waals surface area contributed by atoms with Crippen molar-refractivity contribution >= 4 is 39.4 Å². The Balaban J connectivity index is 1.96. The van der Waals surface area contributed by atoms with E-state index in [1.54, 1.807) is 0 Å². The van der Waals surface area contributed by atoms with Crippen LogP contribution in [0, 0.1) is 0 Å². The smallest absolute Gasteiger partial charge is 0.271 e. The van der Waals surface area contributed by atoms with Crippen LogP contribution in [-0.4, -0.2) is 27.1 Å². The molecule has 1 amide bonds. The van der Waals surface area contributed by atoms with Gasteiger partial charge >= 0.3 is 12.4 Å². The van der Waals surface area contributed by atoms with E-state index in [-0.39, 0.29) is 10.5 Å². The molecule has 14 heteroatoms. The van der Waals surface area contributed by atoms with E-state index in [0.29, 0.717) is 22.7 Å². The van der Waals surface area contributed by atoms with E-state index in [0.717, 1.165) is 36.4 Å². The molecule has 0 saturated heterocycles. The normalized spacial score (nSPS) is 12.5. The Morgan fingerprint density at radius 2 is 1.54 bits per heavy atom. The molecule has 0 aliphatic rings. The largest absolute Gasteiger partial charge is 0.417 e. The number of sulfonamides is 1. The van der Waals surface area contributed by atoms with E-state index in [9.17, 15) is 39.6 Å². The first-order chi connectivity index (χ1) is 17.2. The summed E-state index contributed by atoms with van der Waals surface area (Å²) in [4.78, 5) is 12.2. The van der Waals surface area contributed by atoms with Gasteiger partial charge in [-0.2, -0.15) is 31.4 Å². The lowest BCUT2D eigenvalue weighted by atomic mass is 10.1. The summed E-state index contributed by atoms with van der Waals surface area (Å²) in [6.45, 7) is -1.09. The number of hydrogen-bond donors (Lipinski definition) is 1. The molecule has 3 aromatic rings. The van der Waals surface area contributed by atoms with Crippen LogP contribution in [0.5, 0.6) is 0 Å². The van der Waals surface area contributed by atoms with Crippen LogP contribution in [0.4, 0.5) is 32.0 Å². The highest BCUT2D eigenvalue weighted by molar-refractivity contribution is 7.92. The van der Waals surface area contributed by atoms with Crippen LogP contribution in [0.1, 0.15) is 16.7 Å². The molecular formula is C23H16ClF6N3O3S. The molecule has 0 spiro atoms. The molecule has 0 aliphatic heterocycles. The first-order valence-electron chi connectivity index (χ1n) is 10.1. The van der Waals surface area contributed by atoms with Gasteiger partial charge in [-0.1, -0.05) is 48.0 Å². The van der Waals surface area contributed by atoms with E-state index in [2.05, 4.69) is 5.10 Å². The van der Waals surface area contributed by atoms with E-state index in [1.807, 2.05) is 5.43 Å². The van der Waals surface area contributed by atoms with E-state index in [4.69, 9.17) is 11.6 Å². The second-order valence-corrected chi connectivity index (χ2v) is 9.64. The minimum atomic E-state index is -4.85. The van der Waals surface area contributed by atoms with Gasteiger partial charge in [-0.05, 0) is 36.4 Å². The summed E-state index contributed by atoms with van der Waals surface area (Å²) in [6, 6.07) is 12.8. The first-order valence-corrected chi connectivity index (χ1v) is 12.0. The van der Waals surface area contributed by atoms with Crippen molar-refractivity contribution in [3.05, 3.63) is 94.5 Å². The zero-order chi connectivity index (χ0) is 27.4. The predicted octanol–water partition coefficient (Wildman–Crippen LogP) is 5.72. The number of nitrogens with one attached hydrogen (secondary N) is 1. The van der Waals surface area contributed by atoms with Gasteiger partial charge in [-0.25, -0.2) is 13.8 Å². The standard InChI is InChI=1S/C23H16ClF6N3O3S/c24-19-11-10-16(22(25,26)27)12-20(19)33(37(35,36)17-7-2-1-3-8-17)14-21(34)32-31-13-15-6-4-5-9-18(15)23(28,29)30/h1-13H,14H2,(H,32,34)/b31-13+. The van der Waals surface area contributed by atoms with Crippen molar-refractivity contribution in [2.45, 2.75) is 17.2 Å². The minimum absolute atomic E-state index is 0.348. The lowest BCUT2D eigenvalue weighted by Crippen LogP contribution is -2.40. The number of rotatable bonds is 7. The van der Waals surface area contributed by atoms with Crippen LogP contribution in [0.25, 0.3) is 0 Å². The molecule has 0 aromatic heterocycles. The summed E-state index contributed by atoms with van der Waals surface area (Å²) in [7, 11) is -4.62. The monoisotopic (exact) mass is 563 g/mol. The minimum Gasteiger partial charge on any atom is -0.271 e. The van der Waals surface area contributed by atoms with Crippen molar-refractivity contribution in [1.82, 2.24) is 5.43 Å². The second-order valence-electron chi connectivity index (χ2n) is 7.37. The third kappa shape index (κ3) is 6.80. The maximum Gasteiger partial charge on any atom is 0.417 e. The summed E-state index contributed by atoms with van der Waals surface area (Å²) < 4.78 is 106. The predicted molar refractivity (Wildman–Crippen MR) is 125 cm³/mol. The lowest BCUT2D eigenvalue weighted by Gasteiger charge is -2.25. The fourth-order valence-corrected chi connectivity index (χ4v) is 4.83. The Morgan fingerprint density at radius 1 is 0.919 bits per heavy atom. The Hall–Kier alpha value is -3.58. The number of alkyl halides is 6. The molecule has 1 N–H and O–H groups in total. The van der Waals surface area contributed by atoms with Gasteiger partial charge in [-0.3, -0.25) is 9.10 Å². The summed E-state index contributed by atoms with van der Waals surface area (Å²) in [6.07, 6.45) is -8.85. The zero-order valence-electron chi connectivity index (χ0n) is 18.4. The lowest BCUT2D eigenvalue weighted by molar-refractivity contribution is -0.138. The van der Waals surface area contributed by atoms with Gasteiger partial charge in [0.2, 0.25) is 0 Å². The quantitative estimate of drug-likeness (QED) is 0.227. The molecule has 0 atom stereocenters. The maximum absolute atomic E-state index is 13.3. The molecule has 0 aliphatic carbocycles. The average Bonchev–Trinajstić information content (AvgIpc) is 2.82. The van der Waals surface area contributed by atoms with Crippen LogP contribution in [-0.2, 0) is 27.2 Å². The number of amides is 1. The summed E-state index contributed by atoms with van der Waals surface area (Å²) in [5.41, 5.74) is -1.38. The number of benzene rings is 3. The fourth-order valence-electron chi connectivity index (χ4n) is 3.11. The number of nitrogens with zero attached hydrogens (tertiary/aromatic N) is 2. The summed E-state index contributed by atoms with van der Waals surface area (Å²) >= 11 is 6.02. The van der Waals surface area contributed by atoms with Gasteiger partial charge in [-0.15, -0.1) is 0 Å². The average molecular weight is 564 g/mol. The highest BCUT2D eigenvalue weighted by Crippen LogP contribution is 2.37. The summed E-state index contributed by atoms with van der Waals surface area (Å²) in [5, 5.41) is 3.04. The SMILES string of the molecule is O=C(CN(c1cc(C(F)(F)F)ccc1Cl)S(=O)(=O)c1ccccc1)N/N=C/c1ccccc1C(F)(F)F. The summed E-state index contributed by atoms with van der Waals surface area (Å²) in [5.74, 6) is -1.16. The molecule has 37 heavy (non-hydrogen) atoms. The fraction of sp³-hybridized carbons (Fsp3) is 0.130. The van der Waals surface area contributed by atoms with Gasteiger partial charge in [0.05, 0.1) is 32.9 Å². The molecule has 196 valence electrons. The first kappa shape index (κ1) is 28.0. The molecule has 0 heterocycles. The third-order valence-corrected chi connectivity index (χ3v) is 6.91.